The molecule has 0 aliphatic heterocycles. The molecule has 0 saturated heterocycles. The van der Waals surface area contributed by atoms with E-state index < -0.39 is 0 Å². The second-order valence-corrected chi connectivity index (χ2v) is 4.65. The maximum Gasteiger partial charge on any atom is 0.0932 e. The van der Waals surface area contributed by atoms with Crippen molar-refractivity contribution in [3.63, 3.8) is 0 Å². The fourth-order valence-electron chi connectivity index (χ4n) is 1.74. The summed E-state index contributed by atoms with van der Waals surface area (Å²) in [6, 6.07) is 2.16. The van der Waals surface area contributed by atoms with Gasteiger partial charge in [-0.25, -0.2) is 0 Å². The third kappa shape index (κ3) is 2.27. The van der Waals surface area contributed by atoms with Gasteiger partial charge in [-0.1, -0.05) is 17.8 Å². The van der Waals surface area contributed by atoms with Crippen molar-refractivity contribution in [2.24, 2.45) is 0 Å². The van der Waals surface area contributed by atoms with E-state index in [9.17, 15) is 0 Å². The van der Waals surface area contributed by atoms with Crippen LogP contribution in [0.15, 0.2) is 11.0 Å². The largest absolute Gasteiger partial charge is 0.385 e. The summed E-state index contributed by atoms with van der Waals surface area (Å²) in [6.07, 6.45) is 0. The van der Waals surface area contributed by atoms with Crippen LogP contribution >= 0.6 is 24.4 Å². The minimum atomic E-state index is 0.136. The lowest BCUT2D eigenvalue weighted by molar-refractivity contribution is 0.375. The first-order valence-corrected chi connectivity index (χ1v) is 6.17. The molecular formula is C11H16OS2. The lowest BCUT2D eigenvalue weighted by Crippen LogP contribution is -1.96. The van der Waals surface area contributed by atoms with Crippen LogP contribution < -0.4 is 0 Å². The molecule has 0 fully saturated rings. The molecule has 1 nitrogen and oxygen atoms in total. The summed E-state index contributed by atoms with van der Waals surface area (Å²) >= 11 is 5.82. The van der Waals surface area contributed by atoms with Gasteiger partial charge >= 0.3 is 0 Å². The van der Waals surface area contributed by atoms with Crippen molar-refractivity contribution < 1.29 is 5.11 Å². The Morgan fingerprint density at radius 2 is 1.93 bits per heavy atom. The van der Waals surface area contributed by atoms with Crippen LogP contribution in [-0.2, 0) is 5.75 Å². The number of hydrogen-bond acceptors (Lipinski definition) is 3. The van der Waals surface area contributed by atoms with Crippen LogP contribution in [-0.4, -0.2) is 11.0 Å². The van der Waals surface area contributed by atoms with Gasteiger partial charge in [-0.05, 0) is 43.0 Å². The normalized spacial score (nSPS) is 10.6. The van der Waals surface area contributed by atoms with Gasteiger partial charge in [0, 0.05) is 10.6 Å². The van der Waals surface area contributed by atoms with Crippen LogP contribution in [0, 0.1) is 20.8 Å². The van der Waals surface area contributed by atoms with Gasteiger partial charge in [0.2, 0.25) is 0 Å². The highest BCUT2D eigenvalue weighted by Gasteiger charge is 2.09. The van der Waals surface area contributed by atoms with Crippen molar-refractivity contribution >= 4 is 24.4 Å². The first-order chi connectivity index (χ1) is 6.61. The predicted octanol–water partition coefficient (Wildman–Crippen LogP) is 3.08. The van der Waals surface area contributed by atoms with Gasteiger partial charge < -0.3 is 5.11 Å². The van der Waals surface area contributed by atoms with E-state index in [0.29, 0.717) is 0 Å². The molecule has 1 rings (SSSR count). The van der Waals surface area contributed by atoms with Crippen molar-refractivity contribution in [1.29, 1.82) is 0 Å². The summed E-state index contributed by atoms with van der Waals surface area (Å²) in [7, 11) is 0. The number of thiol groups is 1. The van der Waals surface area contributed by atoms with E-state index in [0.717, 1.165) is 5.75 Å². The Labute approximate surface area is 95.3 Å². The van der Waals surface area contributed by atoms with Gasteiger partial charge in [0.05, 0.1) is 5.94 Å². The third-order valence-corrected chi connectivity index (χ3v) is 3.79. The summed E-state index contributed by atoms with van der Waals surface area (Å²) in [5.74, 6) is 0.897. The highest BCUT2D eigenvalue weighted by atomic mass is 32.2. The maximum absolute atomic E-state index is 8.95. The van der Waals surface area contributed by atoms with E-state index in [1.165, 1.54) is 38.9 Å². The minimum Gasteiger partial charge on any atom is -0.385 e. The predicted molar refractivity (Wildman–Crippen MR) is 66.3 cm³/mol. The monoisotopic (exact) mass is 228 g/mol. The van der Waals surface area contributed by atoms with Crippen LogP contribution in [0.25, 0.3) is 0 Å². The molecule has 0 unspecified atom stereocenters. The van der Waals surface area contributed by atoms with Gasteiger partial charge in [-0.3, -0.25) is 0 Å². The van der Waals surface area contributed by atoms with Crippen molar-refractivity contribution in [2.45, 2.75) is 31.4 Å². The van der Waals surface area contributed by atoms with Crippen molar-refractivity contribution in [2.75, 3.05) is 5.94 Å². The number of thioether (sulfide) groups is 1. The van der Waals surface area contributed by atoms with Crippen molar-refractivity contribution in [3.05, 3.63) is 28.3 Å². The number of aryl methyl sites for hydroxylation is 2. The first kappa shape index (κ1) is 12.0. The summed E-state index contributed by atoms with van der Waals surface area (Å²) in [5, 5.41) is 8.95. The number of aliphatic hydroxyl groups excluding tert-OH is 1. The Morgan fingerprint density at radius 3 is 2.43 bits per heavy atom. The van der Waals surface area contributed by atoms with E-state index in [4.69, 9.17) is 5.11 Å². The van der Waals surface area contributed by atoms with E-state index in [2.05, 4.69) is 39.5 Å². The highest BCUT2D eigenvalue weighted by molar-refractivity contribution is 7.99. The second kappa shape index (κ2) is 5.10. The first-order valence-electron chi connectivity index (χ1n) is 4.56. The van der Waals surface area contributed by atoms with E-state index in [1.54, 1.807) is 0 Å². The van der Waals surface area contributed by atoms with Crippen molar-refractivity contribution in [1.82, 2.24) is 0 Å². The van der Waals surface area contributed by atoms with Crippen LogP contribution in [0.2, 0.25) is 0 Å². The average Bonchev–Trinajstić information content (AvgIpc) is 2.12. The Balaban J connectivity index is 3.28. The topological polar surface area (TPSA) is 20.2 Å². The zero-order valence-electron chi connectivity index (χ0n) is 8.79. The fourth-order valence-corrected chi connectivity index (χ4v) is 2.98. The molecular weight excluding hydrogens is 212 g/mol. The van der Waals surface area contributed by atoms with Gasteiger partial charge in [0.15, 0.2) is 0 Å². The quantitative estimate of drug-likeness (QED) is 0.471. The summed E-state index contributed by atoms with van der Waals surface area (Å²) in [5.41, 5.74) is 5.08. The molecule has 0 radical (unpaired) electrons. The number of benzene rings is 1. The van der Waals surface area contributed by atoms with Crippen LogP contribution in [0.3, 0.4) is 0 Å². The minimum absolute atomic E-state index is 0.136. The van der Waals surface area contributed by atoms with Gasteiger partial charge in [0.1, 0.15) is 0 Å². The molecule has 1 aromatic carbocycles. The molecule has 1 N–H and O–H groups in total. The number of rotatable bonds is 3. The Kier molecular flexibility index (Phi) is 4.35. The zero-order chi connectivity index (χ0) is 10.7. The van der Waals surface area contributed by atoms with Gasteiger partial charge in [-0.2, -0.15) is 12.6 Å². The molecule has 0 atom stereocenters. The third-order valence-electron chi connectivity index (χ3n) is 2.43. The zero-order valence-corrected chi connectivity index (χ0v) is 10.5. The SMILES string of the molecule is Cc1cc(C)c(SCO)c(C)c1CS. The standard InChI is InChI=1S/C11H16OS2/c1-7-4-8(2)11(14-6-12)9(3)10(7)5-13/h4,12-13H,5-6H2,1-3H3. The molecule has 0 aliphatic rings. The van der Waals surface area contributed by atoms with Gasteiger partial charge in [0.25, 0.3) is 0 Å². The lowest BCUT2D eigenvalue weighted by atomic mass is 10.0. The Morgan fingerprint density at radius 1 is 1.29 bits per heavy atom. The molecule has 0 aliphatic carbocycles. The van der Waals surface area contributed by atoms with Crippen LogP contribution in [0.4, 0.5) is 0 Å². The van der Waals surface area contributed by atoms with Crippen LogP contribution in [0.5, 0.6) is 0 Å². The lowest BCUT2D eigenvalue weighted by Gasteiger charge is -2.14. The molecule has 0 bridgehead atoms. The average molecular weight is 228 g/mol. The van der Waals surface area contributed by atoms with E-state index in [1.807, 2.05) is 0 Å². The highest BCUT2D eigenvalue weighted by Crippen LogP contribution is 2.30. The molecule has 0 amide bonds. The second-order valence-electron chi connectivity index (χ2n) is 3.37. The molecule has 14 heavy (non-hydrogen) atoms. The fraction of sp³-hybridized carbons (Fsp3) is 0.455. The summed E-state index contributed by atoms with van der Waals surface area (Å²) < 4.78 is 0. The Hall–Kier alpha value is -0.120. The van der Waals surface area contributed by atoms with Crippen LogP contribution in [0.1, 0.15) is 22.3 Å². The molecule has 78 valence electrons. The molecule has 0 spiro atoms. The molecule has 0 aromatic heterocycles. The number of aliphatic hydroxyl groups is 1. The molecule has 0 saturated carbocycles. The van der Waals surface area contributed by atoms with Crippen molar-refractivity contribution in [3.8, 4) is 0 Å². The van der Waals surface area contributed by atoms with E-state index in [-0.39, 0.29) is 5.94 Å². The summed E-state index contributed by atoms with van der Waals surface area (Å²) in [6.45, 7) is 6.29. The smallest absolute Gasteiger partial charge is 0.0932 e. The van der Waals surface area contributed by atoms with Gasteiger partial charge in [-0.15, -0.1) is 0 Å². The summed E-state index contributed by atoms with van der Waals surface area (Å²) in [4.78, 5) is 1.20. The van der Waals surface area contributed by atoms with E-state index >= 15 is 0 Å². The Bertz CT molecular complexity index is 335. The molecule has 0 heterocycles. The maximum atomic E-state index is 8.95. The molecule has 1 aromatic rings. The molecule has 3 heteroatoms. The number of hydrogen-bond donors (Lipinski definition) is 2.